The fourth-order valence-electron chi connectivity index (χ4n) is 2.33. The number of amides is 1. The smallest absolute Gasteiger partial charge is 0.220 e. The summed E-state index contributed by atoms with van der Waals surface area (Å²) in [5.74, 6) is 0.783. The van der Waals surface area contributed by atoms with Crippen molar-refractivity contribution in [2.75, 3.05) is 19.8 Å². The summed E-state index contributed by atoms with van der Waals surface area (Å²) in [6.45, 7) is 3.42. The van der Waals surface area contributed by atoms with Gasteiger partial charge in [0.05, 0.1) is 12.7 Å². The molecule has 1 aliphatic heterocycles. The quantitative estimate of drug-likeness (QED) is 0.591. The van der Waals surface area contributed by atoms with Crippen LogP contribution in [0.2, 0.25) is 0 Å². The van der Waals surface area contributed by atoms with E-state index in [1.165, 1.54) is 6.92 Å². The molecule has 0 aromatic heterocycles. The second-order valence-corrected chi connectivity index (χ2v) is 5.47. The van der Waals surface area contributed by atoms with Crippen LogP contribution in [0.25, 0.3) is 0 Å². The lowest BCUT2D eigenvalue weighted by atomic mass is 10.1. The van der Waals surface area contributed by atoms with E-state index in [2.05, 4.69) is 5.32 Å². The Balaban J connectivity index is 1.57. The van der Waals surface area contributed by atoms with Crippen LogP contribution < -0.4 is 10.1 Å². The van der Waals surface area contributed by atoms with Crippen molar-refractivity contribution in [3.63, 3.8) is 0 Å². The van der Waals surface area contributed by atoms with E-state index in [1.807, 2.05) is 0 Å². The van der Waals surface area contributed by atoms with Crippen molar-refractivity contribution >= 4 is 11.7 Å². The molecule has 0 saturated carbocycles. The molecule has 1 aromatic carbocycles. The third-order valence-corrected chi connectivity index (χ3v) is 3.63. The van der Waals surface area contributed by atoms with Crippen molar-refractivity contribution in [3.05, 3.63) is 29.8 Å². The fraction of sp³-hybridized carbons (Fsp3) is 0.529. The Morgan fingerprint density at radius 1 is 1.32 bits per heavy atom. The average Bonchev–Trinajstić information content (AvgIpc) is 3.03. The summed E-state index contributed by atoms with van der Waals surface area (Å²) >= 11 is 0. The van der Waals surface area contributed by atoms with E-state index in [9.17, 15) is 9.59 Å². The van der Waals surface area contributed by atoms with Gasteiger partial charge in [0.1, 0.15) is 5.75 Å². The number of carbonyl (C=O) groups excluding carboxylic acids is 2. The van der Waals surface area contributed by atoms with E-state index in [-0.39, 0.29) is 17.8 Å². The van der Waals surface area contributed by atoms with Crippen molar-refractivity contribution < 1.29 is 19.1 Å². The highest BCUT2D eigenvalue weighted by atomic mass is 16.5. The standard InChI is InChI=1S/C17H23NO4/c1-13(19)14-6-8-15(9-7-14)21-11-3-5-17(20)18-12-16-4-2-10-22-16/h6-9,16H,2-5,10-12H2,1H3,(H,18,20). The predicted octanol–water partition coefficient (Wildman–Crippen LogP) is 2.34. The van der Waals surface area contributed by atoms with Crippen LogP contribution in [0.1, 0.15) is 43.0 Å². The maximum atomic E-state index is 11.7. The third-order valence-electron chi connectivity index (χ3n) is 3.63. The van der Waals surface area contributed by atoms with Gasteiger partial charge >= 0.3 is 0 Å². The Kier molecular flexibility index (Phi) is 6.40. The summed E-state index contributed by atoms with van der Waals surface area (Å²) < 4.78 is 11.0. The van der Waals surface area contributed by atoms with Gasteiger partial charge in [-0.2, -0.15) is 0 Å². The molecule has 1 atom stereocenters. The fourth-order valence-corrected chi connectivity index (χ4v) is 2.33. The number of ketones is 1. The second kappa shape index (κ2) is 8.54. The second-order valence-electron chi connectivity index (χ2n) is 5.47. The minimum absolute atomic E-state index is 0.0334. The topological polar surface area (TPSA) is 64.6 Å². The minimum atomic E-state index is 0.0334. The molecule has 0 bridgehead atoms. The molecule has 5 nitrogen and oxygen atoms in total. The highest BCUT2D eigenvalue weighted by Crippen LogP contribution is 2.13. The van der Waals surface area contributed by atoms with Gasteiger partial charge in [-0.3, -0.25) is 9.59 Å². The van der Waals surface area contributed by atoms with E-state index in [4.69, 9.17) is 9.47 Å². The van der Waals surface area contributed by atoms with Crippen LogP contribution in [0.4, 0.5) is 0 Å². The Labute approximate surface area is 131 Å². The molecule has 2 rings (SSSR count). The summed E-state index contributed by atoms with van der Waals surface area (Å²) in [6.07, 6.45) is 3.39. The van der Waals surface area contributed by atoms with Crippen LogP contribution in [-0.2, 0) is 9.53 Å². The third kappa shape index (κ3) is 5.48. The maximum absolute atomic E-state index is 11.7. The van der Waals surface area contributed by atoms with Gasteiger partial charge < -0.3 is 14.8 Å². The van der Waals surface area contributed by atoms with Gasteiger partial charge in [0.25, 0.3) is 0 Å². The van der Waals surface area contributed by atoms with Crippen molar-refractivity contribution in [2.45, 2.75) is 38.7 Å². The number of ether oxygens (including phenoxy) is 2. The molecule has 1 aromatic rings. The molecule has 1 saturated heterocycles. The molecule has 120 valence electrons. The lowest BCUT2D eigenvalue weighted by Gasteiger charge is -2.11. The van der Waals surface area contributed by atoms with Crippen LogP contribution >= 0.6 is 0 Å². The van der Waals surface area contributed by atoms with E-state index in [0.29, 0.717) is 37.3 Å². The molecule has 0 spiro atoms. The molecule has 1 unspecified atom stereocenters. The molecular weight excluding hydrogens is 282 g/mol. The minimum Gasteiger partial charge on any atom is -0.494 e. The van der Waals surface area contributed by atoms with Crippen LogP contribution in [0.15, 0.2) is 24.3 Å². The first kappa shape index (κ1) is 16.5. The number of carbonyl (C=O) groups is 2. The summed E-state index contributed by atoms with van der Waals surface area (Å²) in [6, 6.07) is 7.03. The summed E-state index contributed by atoms with van der Waals surface area (Å²) in [5, 5.41) is 2.89. The number of hydrogen-bond donors (Lipinski definition) is 1. The first-order valence-corrected chi connectivity index (χ1v) is 7.77. The Morgan fingerprint density at radius 3 is 2.73 bits per heavy atom. The lowest BCUT2D eigenvalue weighted by Crippen LogP contribution is -2.31. The van der Waals surface area contributed by atoms with Gasteiger partial charge in [-0.05, 0) is 50.5 Å². The number of benzene rings is 1. The molecule has 1 aliphatic rings. The van der Waals surface area contributed by atoms with Crippen LogP contribution in [0, 0.1) is 0 Å². The van der Waals surface area contributed by atoms with Gasteiger partial charge in [0, 0.05) is 25.1 Å². The van der Waals surface area contributed by atoms with E-state index in [0.717, 1.165) is 19.4 Å². The van der Waals surface area contributed by atoms with Crippen molar-refractivity contribution in [2.24, 2.45) is 0 Å². The lowest BCUT2D eigenvalue weighted by molar-refractivity contribution is -0.121. The molecule has 1 heterocycles. The summed E-state index contributed by atoms with van der Waals surface area (Å²) in [7, 11) is 0. The zero-order valence-electron chi connectivity index (χ0n) is 13.0. The SMILES string of the molecule is CC(=O)c1ccc(OCCCC(=O)NCC2CCCO2)cc1. The number of rotatable bonds is 8. The van der Waals surface area contributed by atoms with Crippen molar-refractivity contribution in [3.8, 4) is 5.75 Å². The van der Waals surface area contributed by atoms with Crippen molar-refractivity contribution in [1.29, 1.82) is 0 Å². The van der Waals surface area contributed by atoms with Crippen LogP contribution in [-0.4, -0.2) is 37.6 Å². The molecule has 1 amide bonds. The van der Waals surface area contributed by atoms with Gasteiger partial charge in [0.15, 0.2) is 5.78 Å². The Hall–Kier alpha value is -1.88. The molecule has 0 aliphatic carbocycles. The largest absolute Gasteiger partial charge is 0.494 e. The summed E-state index contributed by atoms with van der Waals surface area (Å²) in [4.78, 5) is 22.8. The first-order valence-electron chi connectivity index (χ1n) is 7.77. The van der Waals surface area contributed by atoms with Gasteiger partial charge in [-0.1, -0.05) is 0 Å². The zero-order valence-corrected chi connectivity index (χ0v) is 13.0. The monoisotopic (exact) mass is 305 g/mol. The highest BCUT2D eigenvalue weighted by Gasteiger charge is 2.15. The number of Topliss-reactive ketones (excluding diaryl/α,β-unsaturated/α-hetero) is 1. The normalized spacial score (nSPS) is 17.2. The van der Waals surface area contributed by atoms with Gasteiger partial charge in [-0.15, -0.1) is 0 Å². The average molecular weight is 305 g/mol. The molecule has 1 N–H and O–H groups in total. The number of nitrogens with one attached hydrogen (secondary N) is 1. The van der Waals surface area contributed by atoms with E-state index >= 15 is 0 Å². The Morgan fingerprint density at radius 2 is 2.09 bits per heavy atom. The van der Waals surface area contributed by atoms with Crippen LogP contribution in [0.3, 0.4) is 0 Å². The molecule has 0 radical (unpaired) electrons. The van der Waals surface area contributed by atoms with Crippen molar-refractivity contribution in [1.82, 2.24) is 5.32 Å². The first-order chi connectivity index (χ1) is 10.6. The molecule has 5 heteroatoms. The van der Waals surface area contributed by atoms with Gasteiger partial charge in [-0.25, -0.2) is 0 Å². The van der Waals surface area contributed by atoms with Gasteiger partial charge in [0.2, 0.25) is 5.91 Å². The van der Waals surface area contributed by atoms with Crippen LogP contribution in [0.5, 0.6) is 5.75 Å². The predicted molar refractivity (Wildman–Crippen MR) is 83.2 cm³/mol. The molecular formula is C17H23NO4. The maximum Gasteiger partial charge on any atom is 0.220 e. The zero-order chi connectivity index (χ0) is 15.8. The summed E-state index contributed by atoms with van der Waals surface area (Å²) in [5.41, 5.74) is 0.667. The van der Waals surface area contributed by atoms with E-state index in [1.54, 1.807) is 24.3 Å². The molecule has 22 heavy (non-hydrogen) atoms. The Bertz CT molecular complexity index is 492. The highest BCUT2D eigenvalue weighted by molar-refractivity contribution is 5.94. The van der Waals surface area contributed by atoms with E-state index < -0.39 is 0 Å². The molecule has 1 fully saturated rings. The number of hydrogen-bond acceptors (Lipinski definition) is 4.